The molecule has 1 N–H and O–H groups in total. The molecule has 0 bridgehead atoms. The number of carbonyl (C=O) groups is 1. The summed E-state index contributed by atoms with van der Waals surface area (Å²) in [6, 6.07) is 13.3. The Morgan fingerprint density at radius 3 is 2.75 bits per heavy atom. The maximum atomic E-state index is 12.5. The SMILES string of the molecule is COc1ccccc1C1(CNC(=O)c2ccc3c(c2)OCO3)CC1. The molecular weight excluding hydrogens is 306 g/mol. The monoisotopic (exact) mass is 325 g/mol. The van der Waals surface area contributed by atoms with Gasteiger partial charge in [0, 0.05) is 23.1 Å². The van der Waals surface area contributed by atoms with E-state index in [-0.39, 0.29) is 18.1 Å². The molecule has 1 aliphatic heterocycles. The van der Waals surface area contributed by atoms with Crippen LogP contribution in [0.15, 0.2) is 42.5 Å². The Balaban J connectivity index is 1.47. The number of hydrogen-bond donors (Lipinski definition) is 1. The first kappa shape index (κ1) is 14.9. The highest BCUT2D eigenvalue weighted by atomic mass is 16.7. The number of rotatable bonds is 5. The van der Waals surface area contributed by atoms with Gasteiger partial charge in [-0.1, -0.05) is 18.2 Å². The molecule has 0 unspecified atom stereocenters. The van der Waals surface area contributed by atoms with Crippen molar-refractivity contribution in [2.45, 2.75) is 18.3 Å². The molecule has 0 spiro atoms. The Kier molecular flexibility index (Phi) is 3.56. The highest BCUT2D eigenvalue weighted by Gasteiger charge is 2.46. The zero-order chi connectivity index (χ0) is 16.6. The number of hydrogen-bond acceptors (Lipinski definition) is 4. The van der Waals surface area contributed by atoms with Gasteiger partial charge in [0.15, 0.2) is 11.5 Å². The molecule has 0 atom stereocenters. The molecule has 2 aliphatic rings. The van der Waals surface area contributed by atoms with Crippen LogP contribution in [0.4, 0.5) is 0 Å². The summed E-state index contributed by atoms with van der Waals surface area (Å²) >= 11 is 0. The third kappa shape index (κ3) is 2.56. The van der Waals surface area contributed by atoms with E-state index in [2.05, 4.69) is 11.4 Å². The lowest BCUT2D eigenvalue weighted by Crippen LogP contribution is -2.32. The van der Waals surface area contributed by atoms with Crippen LogP contribution in [0.5, 0.6) is 17.2 Å². The van der Waals surface area contributed by atoms with E-state index < -0.39 is 0 Å². The van der Waals surface area contributed by atoms with Crippen molar-refractivity contribution >= 4 is 5.91 Å². The summed E-state index contributed by atoms with van der Waals surface area (Å²) in [6.07, 6.45) is 2.10. The van der Waals surface area contributed by atoms with Gasteiger partial charge in [0.25, 0.3) is 5.91 Å². The van der Waals surface area contributed by atoms with Crippen molar-refractivity contribution in [2.24, 2.45) is 0 Å². The molecule has 1 heterocycles. The van der Waals surface area contributed by atoms with Crippen molar-refractivity contribution in [3.05, 3.63) is 53.6 Å². The summed E-state index contributed by atoms with van der Waals surface area (Å²) in [5.41, 5.74) is 1.73. The molecule has 2 aromatic rings. The van der Waals surface area contributed by atoms with Crippen LogP contribution in [0.25, 0.3) is 0 Å². The Bertz CT molecular complexity index is 783. The van der Waals surface area contributed by atoms with Crippen LogP contribution < -0.4 is 19.5 Å². The van der Waals surface area contributed by atoms with Gasteiger partial charge < -0.3 is 19.5 Å². The minimum absolute atomic E-state index is 0.0153. The van der Waals surface area contributed by atoms with Crippen LogP contribution in [-0.2, 0) is 5.41 Å². The predicted octanol–water partition coefficient (Wildman–Crippen LogP) is 2.89. The summed E-state index contributed by atoms with van der Waals surface area (Å²) in [5.74, 6) is 2.08. The summed E-state index contributed by atoms with van der Waals surface area (Å²) in [6.45, 7) is 0.804. The zero-order valence-corrected chi connectivity index (χ0v) is 13.5. The van der Waals surface area contributed by atoms with E-state index in [1.165, 1.54) is 5.56 Å². The highest BCUT2D eigenvalue weighted by molar-refractivity contribution is 5.95. The lowest BCUT2D eigenvalue weighted by molar-refractivity contribution is 0.0949. The Morgan fingerprint density at radius 2 is 1.96 bits per heavy atom. The molecule has 1 fully saturated rings. The fourth-order valence-corrected chi connectivity index (χ4v) is 3.16. The van der Waals surface area contributed by atoms with Gasteiger partial charge in [0.2, 0.25) is 6.79 Å². The summed E-state index contributed by atoms with van der Waals surface area (Å²) < 4.78 is 16.1. The average Bonchev–Trinajstić information content (AvgIpc) is 3.27. The Labute approximate surface area is 140 Å². The van der Waals surface area contributed by atoms with Gasteiger partial charge in [0.05, 0.1) is 7.11 Å². The van der Waals surface area contributed by atoms with Crippen molar-refractivity contribution in [1.29, 1.82) is 0 Å². The fraction of sp³-hybridized carbons (Fsp3) is 0.316. The van der Waals surface area contributed by atoms with Crippen molar-refractivity contribution in [1.82, 2.24) is 5.32 Å². The maximum absolute atomic E-state index is 12.5. The van der Waals surface area contributed by atoms with E-state index in [1.54, 1.807) is 25.3 Å². The topological polar surface area (TPSA) is 56.8 Å². The van der Waals surface area contributed by atoms with Crippen LogP contribution in [-0.4, -0.2) is 26.4 Å². The van der Waals surface area contributed by atoms with E-state index in [1.807, 2.05) is 18.2 Å². The normalized spacial score (nSPS) is 16.5. The lowest BCUT2D eigenvalue weighted by Gasteiger charge is -2.19. The first-order valence-corrected chi connectivity index (χ1v) is 8.03. The van der Waals surface area contributed by atoms with Gasteiger partial charge in [0.1, 0.15) is 5.75 Å². The highest BCUT2D eigenvalue weighted by Crippen LogP contribution is 2.50. The first-order chi connectivity index (χ1) is 11.7. The number of para-hydroxylation sites is 1. The minimum Gasteiger partial charge on any atom is -0.496 e. The number of ether oxygens (including phenoxy) is 3. The molecule has 0 radical (unpaired) electrons. The van der Waals surface area contributed by atoms with Gasteiger partial charge in [-0.2, -0.15) is 0 Å². The van der Waals surface area contributed by atoms with Gasteiger partial charge >= 0.3 is 0 Å². The average molecular weight is 325 g/mol. The second kappa shape index (κ2) is 5.74. The van der Waals surface area contributed by atoms with Crippen molar-refractivity contribution < 1.29 is 19.0 Å². The summed E-state index contributed by atoms with van der Waals surface area (Å²) in [4.78, 5) is 12.5. The molecule has 5 nitrogen and oxygen atoms in total. The largest absolute Gasteiger partial charge is 0.496 e. The van der Waals surface area contributed by atoms with Crippen LogP contribution in [0.1, 0.15) is 28.8 Å². The zero-order valence-electron chi connectivity index (χ0n) is 13.5. The van der Waals surface area contributed by atoms with E-state index in [0.29, 0.717) is 23.6 Å². The third-order valence-electron chi connectivity index (χ3n) is 4.75. The van der Waals surface area contributed by atoms with Crippen LogP contribution in [0.3, 0.4) is 0 Å². The standard InChI is InChI=1S/C19H19NO4/c1-22-15-5-3-2-4-14(15)19(8-9-19)11-20-18(21)13-6-7-16-17(10-13)24-12-23-16/h2-7,10H,8-9,11-12H2,1H3,(H,20,21). The molecule has 4 rings (SSSR count). The second-order valence-corrected chi connectivity index (χ2v) is 6.23. The van der Waals surface area contributed by atoms with Gasteiger partial charge in [-0.3, -0.25) is 4.79 Å². The second-order valence-electron chi connectivity index (χ2n) is 6.23. The van der Waals surface area contributed by atoms with Crippen LogP contribution in [0.2, 0.25) is 0 Å². The van der Waals surface area contributed by atoms with E-state index >= 15 is 0 Å². The predicted molar refractivity (Wildman–Crippen MR) is 88.8 cm³/mol. The molecule has 2 aromatic carbocycles. The number of benzene rings is 2. The molecular formula is C19H19NO4. The molecule has 1 aliphatic carbocycles. The molecule has 0 aromatic heterocycles. The number of amides is 1. The van der Waals surface area contributed by atoms with E-state index in [0.717, 1.165) is 18.6 Å². The molecule has 0 saturated heterocycles. The quantitative estimate of drug-likeness (QED) is 0.918. The molecule has 1 saturated carbocycles. The van der Waals surface area contributed by atoms with Crippen molar-refractivity contribution in [3.8, 4) is 17.2 Å². The molecule has 5 heteroatoms. The number of carbonyl (C=O) groups excluding carboxylic acids is 1. The third-order valence-corrected chi connectivity index (χ3v) is 4.75. The minimum atomic E-state index is -0.102. The summed E-state index contributed by atoms with van der Waals surface area (Å²) in [5, 5.41) is 3.05. The molecule has 124 valence electrons. The maximum Gasteiger partial charge on any atom is 0.251 e. The number of nitrogens with one attached hydrogen (secondary N) is 1. The van der Waals surface area contributed by atoms with Gasteiger partial charge in [-0.25, -0.2) is 0 Å². The van der Waals surface area contributed by atoms with Crippen LogP contribution in [0, 0.1) is 0 Å². The molecule has 1 amide bonds. The number of fused-ring (bicyclic) bond motifs is 1. The Morgan fingerprint density at radius 1 is 1.17 bits per heavy atom. The molecule has 24 heavy (non-hydrogen) atoms. The van der Waals surface area contributed by atoms with Crippen LogP contribution >= 0.6 is 0 Å². The van der Waals surface area contributed by atoms with Gasteiger partial charge in [-0.15, -0.1) is 0 Å². The fourth-order valence-electron chi connectivity index (χ4n) is 3.16. The summed E-state index contributed by atoms with van der Waals surface area (Å²) in [7, 11) is 1.68. The van der Waals surface area contributed by atoms with Crippen molar-refractivity contribution in [2.75, 3.05) is 20.4 Å². The first-order valence-electron chi connectivity index (χ1n) is 8.03. The lowest BCUT2D eigenvalue weighted by atomic mass is 9.94. The Hall–Kier alpha value is -2.69. The van der Waals surface area contributed by atoms with E-state index in [4.69, 9.17) is 14.2 Å². The number of methoxy groups -OCH3 is 1. The van der Waals surface area contributed by atoms with E-state index in [9.17, 15) is 4.79 Å². The smallest absolute Gasteiger partial charge is 0.251 e. The van der Waals surface area contributed by atoms with Crippen molar-refractivity contribution in [3.63, 3.8) is 0 Å². The van der Waals surface area contributed by atoms with Gasteiger partial charge in [-0.05, 0) is 37.1 Å².